The first-order chi connectivity index (χ1) is 9.54. The summed E-state index contributed by atoms with van der Waals surface area (Å²) in [6.07, 6.45) is -0.102. The number of nitrogens with one attached hydrogen (secondary N) is 1. The number of halogens is 1. The molecule has 5 heteroatoms. The average Bonchev–Trinajstić information content (AvgIpc) is 2.37. The summed E-state index contributed by atoms with van der Waals surface area (Å²) < 4.78 is 5.85. The van der Waals surface area contributed by atoms with Crippen molar-refractivity contribution in [2.24, 2.45) is 0 Å². The van der Waals surface area contributed by atoms with Gasteiger partial charge in [-0.1, -0.05) is 11.6 Å². The molecule has 2 aromatic rings. The average molecular weight is 289 g/mol. The molecule has 1 atom stereocenters. The van der Waals surface area contributed by atoms with E-state index in [0.717, 1.165) is 16.8 Å². The lowest BCUT2D eigenvalue weighted by molar-refractivity contribution is -0.114. The van der Waals surface area contributed by atoms with Gasteiger partial charge >= 0.3 is 0 Å². The maximum Gasteiger partial charge on any atom is 0.222 e. The van der Waals surface area contributed by atoms with E-state index in [1.165, 1.54) is 6.92 Å². The zero-order valence-electron chi connectivity index (χ0n) is 11.1. The third-order valence-electron chi connectivity index (χ3n) is 3.17. The summed E-state index contributed by atoms with van der Waals surface area (Å²) in [6, 6.07) is 9.17. The number of carbonyl (C=O) groups excluding carboxylic acids is 1. The Morgan fingerprint density at radius 1 is 1.35 bits per heavy atom. The predicted octanol–water partition coefficient (Wildman–Crippen LogP) is 3.81. The number of anilines is 1. The van der Waals surface area contributed by atoms with Gasteiger partial charge in [-0.3, -0.25) is 4.79 Å². The fourth-order valence-electron chi connectivity index (χ4n) is 2.31. The van der Waals surface area contributed by atoms with Gasteiger partial charge in [0.25, 0.3) is 0 Å². The zero-order valence-corrected chi connectivity index (χ0v) is 11.9. The molecule has 0 saturated heterocycles. The summed E-state index contributed by atoms with van der Waals surface area (Å²) in [5.41, 5.74) is 2.70. The van der Waals surface area contributed by atoms with Gasteiger partial charge in [0.1, 0.15) is 17.7 Å². The molecule has 2 heterocycles. The highest BCUT2D eigenvalue weighted by Crippen LogP contribution is 2.42. The largest absolute Gasteiger partial charge is 0.485 e. The molecule has 1 aliphatic heterocycles. The second kappa shape index (κ2) is 4.80. The second-order valence-electron chi connectivity index (χ2n) is 4.72. The van der Waals surface area contributed by atoms with E-state index in [1.54, 1.807) is 18.2 Å². The van der Waals surface area contributed by atoms with E-state index in [9.17, 15) is 4.79 Å². The molecule has 3 rings (SSSR count). The molecule has 0 saturated carbocycles. The number of fused-ring (bicyclic) bond motifs is 3. The van der Waals surface area contributed by atoms with Crippen LogP contribution in [0.3, 0.4) is 0 Å². The molecule has 1 unspecified atom stereocenters. The summed E-state index contributed by atoms with van der Waals surface area (Å²) in [6.45, 7) is 3.42. The number of amides is 1. The van der Waals surface area contributed by atoms with Crippen LogP contribution in [0.1, 0.15) is 25.5 Å². The highest BCUT2D eigenvalue weighted by atomic mass is 35.5. The van der Waals surface area contributed by atoms with Crippen molar-refractivity contribution in [1.82, 2.24) is 4.98 Å². The number of carbonyl (C=O) groups is 1. The van der Waals surface area contributed by atoms with Crippen molar-refractivity contribution >= 4 is 23.3 Å². The van der Waals surface area contributed by atoms with Gasteiger partial charge in [0, 0.05) is 23.1 Å². The van der Waals surface area contributed by atoms with Crippen LogP contribution < -0.4 is 10.1 Å². The lowest BCUT2D eigenvalue weighted by Gasteiger charge is -2.26. The fourth-order valence-corrected chi connectivity index (χ4v) is 2.47. The van der Waals surface area contributed by atoms with Crippen molar-refractivity contribution in [2.75, 3.05) is 5.32 Å². The van der Waals surface area contributed by atoms with E-state index in [-0.39, 0.29) is 12.0 Å². The number of hydrogen-bond acceptors (Lipinski definition) is 3. The van der Waals surface area contributed by atoms with Gasteiger partial charge in [0.15, 0.2) is 0 Å². The summed E-state index contributed by atoms with van der Waals surface area (Å²) in [7, 11) is 0. The Bertz CT molecular complexity index is 700. The van der Waals surface area contributed by atoms with Crippen LogP contribution in [0.15, 0.2) is 30.3 Å². The van der Waals surface area contributed by atoms with Gasteiger partial charge in [-0.2, -0.15) is 0 Å². The molecular weight excluding hydrogens is 276 g/mol. The van der Waals surface area contributed by atoms with Crippen LogP contribution in [0.2, 0.25) is 5.02 Å². The van der Waals surface area contributed by atoms with Gasteiger partial charge in [0.2, 0.25) is 5.91 Å². The van der Waals surface area contributed by atoms with Crippen molar-refractivity contribution < 1.29 is 9.53 Å². The number of ether oxygens (including phenoxy) is 1. The molecule has 4 nitrogen and oxygen atoms in total. The number of nitrogens with zero attached hydrogens (tertiary/aromatic N) is 1. The van der Waals surface area contributed by atoms with Crippen LogP contribution in [0.4, 0.5) is 5.82 Å². The van der Waals surface area contributed by atoms with E-state index in [2.05, 4.69) is 10.3 Å². The van der Waals surface area contributed by atoms with E-state index in [0.29, 0.717) is 16.6 Å². The lowest BCUT2D eigenvalue weighted by atomic mass is 9.98. The van der Waals surface area contributed by atoms with Gasteiger partial charge in [-0.15, -0.1) is 0 Å². The number of rotatable bonds is 1. The van der Waals surface area contributed by atoms with Crippen molar-refractivity contribution in [1.29, 1.82) is 0 Å². The molecule has 1 aliphatic rings. The Morgan fingerprint density at radius 3 is 2.90 bits per heavy atom. The van der Waals surface area contributed by atoms with Crippen LogP contribution in [0.5, 0.6) is 5.75 Å². The molecule has 0 aliphatic carbocycles. The van der Waals surface area contributed by atoms with E-state index in [4.69, 9.17) is 16.3 Å². The molecular formula is C15H13ClN2O2. The molecule has 1 aromatic carbocycles. The maximum absolute atomic E-state index is 11.1. The van der Waals surface area contributed by atoms with Crippen molar-refractivity contribution in [3.05, 3.63) is 40.9 Å². The molecule has 20 heavy (non-hydrogen) atoms. The van der Waals surface area contributed by atoms with Crippen LogP contribution >= 0.6 is 11.6 Å². The molecule has 0 spiro atoms. The Morgan fingerprint density at radius 2 is 2.15 bits per heavy atom. The highest BCUT2D eigenvalue weighted by Gasteiger charge is 2.24. The molecule has 1 amide bonds. The maximum atomic E-state index is 11.1. The first kappa shape index (κ1) is 12.9. The normalized spacial score (nSPS) is 15.8. The predicted molar refractivity (Wildman–Crippen MR) is 78.0 cm³/mol. The van der Waals surface area contributed by atoms with Crippen LogP contribution in [-0.2, 0) is 4.79 Å². The fraction of sp³-hybridized carbons (Fsp3) is 0.200. The highest BCUT2D eigenvalue weighted by molar-refractivity contribution is 6.30. The lowest BCUT2D eigenvalue weighted by Crippen LogP contribution is -2.14. The minimum absolute atomic E-state index is 0.102. The standard InChI is InChI=1S/C15H13ClN2O2/c1-8-11-5-6-14(17-9(2)19)18-15(11)12-4-3-10(16)7-13(12)20-8/h3-8H,1-2H3,(H,17,18,19). The summed E-state index contributed by atoms with van der Waals surface area (Å²) in [5.74, 6) is 1.10. The smallest absolute Gasteiger partial charge is 0.222 e. The zero-order chi connectivity index (χ0) is 14.3. The van der Waals surface area contributed by atoms with Crippen molar-refractivity contribution in [3.63, 3.8) is 0 Å². The quantitative estimate of drug-likeness (QED) is 0.868. The van der Waals surface area contributed by atoms with Gasteiger partial charge in [-0.05, 0) is 37.3 Å². The van der Waals surface area contributed by atoms with Crippen LogP contribution in [0, 0.1) is 0 Å². The Balaban J connectivity index is 2.15. The molecule has 1 N–H and O–H groups in total. The Labute approximate surface area is 121 Å². The number of benzene rings is 1. The van der Waals surface area contributed by atoms with Crippen LogP contribution in [-0.4, -0.2) is 10.9 Å². The SMILES string of the molecule is CC(=O)Nc1ccc2c(n1)-c1ccc(Cl)cc1OC2C. The molecule has 0 bridgehead atoms. The van der Waals surface area contributed by atoms with Gasteiger partial charge < -0.3 is 10.1 Å². The van der Waals surface area contributed by atoms with E-state index < -0.39 is 0 Å². The third-order valence-corrected chi connectivity index (χ3v) is 3.41. The number of pyridine rings is 1. The minimum atomic E-state index is -0.145. The Kier molecular flexibility index (Phi) is 3.10. The molecule has 0 radical (unpaired) electrons. The van der Waals surface area contributed by atoms with Gasteiger partial charge in [0.05, 0.1) is 5.69 Å². The second-order valence-corrected chi connectivity index (χ2v) is 5.15. The topological polar surface area (TPSA) is 51.2 Å². The number of hydrogen-bond donors (Lipinski definition) is 1. The first-order valence-corrected chi connectivity index (χ1v) is 6.67. The Hall–Kier alpha value is -2.07. The summed E-state index contributed by atoms with van der Waals surface area (Å²) >= 11 is 5.99. The third kappa shape index (κ3) is 2.23. The number of aromatic nitrogens is 1. The minimum Gasteiger partial charge on any atom is -0.485 e. The van der Waals surface area contributed by atoms with E-state index >= 15 is 0 Å². The van der Waals surface area contributed by atoms with E-state index in [1.807, 2.05) is 19.1 Å². The molecule has 0 fully saturated rings. The molecule has 102 valence electrons. The van der Waals surface area contributed by atoms with Gasteiger partial charge in [-0.25, -0.2) is 4.98 Å². The molecule has 1 aromatic heterocycles. The van der Waals surface area contributed by atoms with Crippen molar-refractivity contribution in [2.45, 2.75) is 20.0 Å². The monoisotopic (exact) mass is 288 g/mol. The summed E-state index contributed by atoms with van der Waals surface area (Å²) in [5, 5.41) is 3.32. The van der Waals surface area contributed by atoms with Crippen molar-refractivity contribution in [3.8, 4) is 17.0 Å². The summed E-state index contributed by atoms with van der Waals surface area (Å²) in [4.78, 5) is 15.7. The van der Waals surface area contributed by atoms with Crippen LogP contribution in [0.25, 0.3) is 11.3 Å². The first-order valence-electron chi connectivity index (χ1n) is 6.29.